The van der Waals surface area contributed by atoms with E-state index in [1.807, 2.05) is 19.1 Å². The monoisotopic (exact) mass is 539 g/mol. The van der Waals surface area contributed by atoms with E-state index in [1.54, 1.807) is 6.92 Å². The van der Waals surface area contributed by atoms with Crippen molar-refractivity contribution in [3.05, 3.63) is 26.6 Å². The molecule has 3 N–H and O–H groups in total. The fraction of sp³-hybridized carbons (Fsp3) is 0.385. The van der Waals surface area contributed by atoms with Crippen LogP contribution in [0.5, 0.6) is 0 Å². The first-order valence-corrected chi connectivity index (χ1v) is 9.70. The third-order valence-corrected chi connectivity index (χ3v) is 5.02. The Labute approximate surface area is 177 Å². The first kappa shape index (κ1) is 22.1. The maximum atomic E-state index is 11.6. The molecule has 0 unspecified atom stereocenters. The van der Waals surface area contributed by atoms with Crippen molar-refractivity contribution in [3.63, 3.8) is 0 Å². The fourth-order valence-corrected chi connectivity index (χ4v) is 3.18. The van der Waals surface area contributed by atoms with Gasteiger partial charge in [0.2, 0.25) is 3.79 Å². The number of thiocarbonyl (C=S) groups is 1. The van der Waals surface area contributed by atoms with E-state index in [2.05, 4.69) is 47.8 Å². The number of hydrogen-bond acceptors (Lipinski definition) is 3. The maximum Gasteiger partial charge on any atom is 0.408 e. The Morgan fingerprint density at radius 2 is 1.92 bits per heavy atom. The van der Waals surface area contributed by atoms with Crippen LogP contribution < -0.4 is 16.0 Å². The number of carbonyl (C=O) groups is 1. The lowest BCUT2D eigenvalue weighted by atomic mass is 10.2. The number of hydrogen-bond donors (Lipinski definition) is 3. The molecule has 1 aromatic rings. The molecule has 1 atom stereocenters. The van der Waals surface area contributed by atoms with E-state index in [0.717, 1.165) is 14.5 Å². The van der Waals surface area contributed by atoms with E-state index in [9.17, 15) is 4.79 Å². The highest BCUT2D eigenvalue weighted by Crippen LogP contribution is 2.31. The smallest absolute Gasteiger partial charge is 0.408 e. The number of aryl methyl sites for hydroxylation is 1. The van der Waals surface area contributed by atoms with E-state index < -0.39 is 16.1 Å². The number of alkyl carbamates (subject to hydrolysis) is 1. The van der Waals surface area contributed by atoms with Crippen LogP contribution in [0.15, 0.2) is 21.1 Å². The Kier molecular flexibility index (Phi) is 8.85. The van der Waals surface area contributed by atoms with Crippen LogP contribution in [-0.4, -0.2) is 27.8 Å². The SMILES string of the molecule is CCOC(=O)N[C@@H](NC(=S)Nc1cc(C)c(Br)cc1Br)C(Cl)(Cl)Cl. The van der Waals surface area contributed by atoms with Crippen LogP contribution in [0.25, 0.3) is 0 Å². The molecule has 1 rings (SSSR count). The number of amides is 1. The number of rotatable bonds is 4. The number of ether oxygens (including phenoxy) is 1. The zero-order chi connectivity index (χ0) is 18.5. The summed E-state index contributed by atoms with van der Waals surface area (Å²) in [5.74, 6) is 0. The molecule has 0 aliphatic rings. The Morgan fingerprint density at radius 3 is 2.46 bits per heavy atom. The third kappa shape index (κ3) is 7.09. The fourth-order valence-electron chi connectivity index (χ4n) is 1.53. The molecule has 11 heteroatoms. The molecular weight excluding hydrogens is 528 g/mol. The lowest BCUT2D eigenvalue weighted by molar-refractivity contribution is 0.147. The lowest BCUT2D eigenvalue weighted by Gasteiger charge is -2.27. The first-order valence-electron chi connectivity index (χ1n) is 6.57. The summed E-state index contributed by atoms with van der Waals surface area (Å²) in [7, 11) is 0. The molecular formula is C13H14Br2Cl3N3O2S. The Bertz CT molecular complexity index is 629. The zero-order valence-electron chi connectivity index (χ0n) is 12.6. The van der Waals surface area contributed by atoms with Gasteiger partial charge in [-0.2, -0.15) is 0 Å². The van der Waals surface area contributed by atoms with Crippen molar-refractivity contribution < 1.29 is 9.53 Å². The van der Waals surface area contributed by atoms with Crippen molar-refractivity contribution in [2.45, 2.75) is 23.8 Å². The Morgan fingerprint density at radius 1 is 1.29 bits per heavy atom. The van der Waals surface area contributed by atoms with Gasteiger partial charge in [0.1, 0.15) is 0 Å². The topological polar surface area (TPSA) is 62.4 Å². The molecule has 0 aromatic heterocycles. The summed E-state index contributed by atoms with van der Waals surface area (Å²) in [6, 6.07) is 3.76. The second-order valence-electron chi connectivity index (χ2n) is 4.52. The second-order valence-corrected chi connectivity index (χ2v) is 9.00. The predicted octanol–water partition coefficient (Wildman–Crippen LogP) is 5.25. The van der Waals surface area contributed by atoms with Crippen LogP contribution in [0.4, 0.5) is 10.5 Å². The number of halogens is 5. The van der Waals surface area contributed by atoms with Gasteiger partial charge < -0.3 is 15.4 Å². The number of carbonyl (C=O) groups excluding carboxylic acids is 1. The summed E-state index contributed by atoms with van der Waals surface area (Å²) in [4.78, 5) is 11.6. The standard InChI is InChI=1S/C13H14Br2Cl3N3O2S/c1-3-23-12(22)21-10(13(16,17)18)20-11(24)19-9-4-6(2)7(14)5-8(9)15/h4-5,10H,3H2,1-2H3,(H,21,22)(H2,19,20,24)/t10-/m1/s1. The van der Waals surface area contributed by atoms with Crippen molar-refractivity contribution in [2.24, 2.45) is 0 Å². The van der Waals surface area contributed by atoms with Gasteiger partial charge in [-0.05, 0) is 59.7 Å². The van der Waals surface area contributed by atoms with Gasteiger partial charge in [0.25, 0.3) is 0 Å². The average molecular weight is 543 g/mol. The summed E-state index contributed by atoms with van der Waals surface area (Å²) < 4.78 is 4.66. The minimum Gasteiger partial charge on any atom is -0.450 e. The molecule has 0 bridgehead atoms. The van der Waals surface area contributed by atoms with Crippen LogP contribution >= 0.6 is 78.9 Å². The minimum absolute atomic E-state index is 0.158. The molecule has 0 aliphatic heterocycles. The molecule has 0 heterocycles. The second kappa shape index (κ2) is 9.64. The van der Waals surface area contributed by atoms with Crippen LogP contribution in [-0.2, 0) is 4.74 Å². The van der Waals surface area contributed by atoms with Crippen LogP contribution in [0, 0.1) is 6.92 Å². The normalized spacial score (nSPS) is 12.3. The summed E-state index contributed by atoms with van der Waals surface area (Å²) >= 11 is 29.7. The number of benzene rings is 1. The highest BCUT2D eigenvalue weighted by molar-refractivity contribution is 9.11. The van der Waals surface area contributed by atoms with Crippen molar-refractivity contribution in [1.29, 1.82) is 0 Å². The number of anilines is 1. The zero-order valence-corrected chi connectivity index (χ0v) is 18.8. The van der Waals surface area contributed by atoms with Gasteiger partial charge in [-0.1, -0.05) is 50.7 Å². The molecule has 5 nitrogen and oxygen atoms in total. The molecule has 0 radical (unpaired) electrons. The molecule has 1 aromatic carbocycles. The summed E-state index contributed by atoms with van der Waals surface area (Å²) in [5, 5.41) is 8.26. The molecule has 0 saturated heterocycles. The summed E-state index contributed by atoms with van der Waals surface area (Å²) in [5.41, 5.74) is 1.72. The first-order chi connectivity index (χ1) is 11.0. The number of nitrogens with one attached hydrogen (secondary N) is 3. The van der Waals surface area contributed by atoms with Crippen LogP contribution in [0.2, 0.25) is 0 Å². The molecule has 134 valence electrons. The molecule has 24 heavy (non-hydrogen) atoms. The third-order valence-electron chi connectivity index (χ3n) is 2.64. The highest BCUT2D eigenvalue weighted by Gasteiger charge is 2.35. The van der Waals surface area contributed by atoms with Gasteiger partial charge in [0.15, 0.2) is 11.3 Å². The van der Waals surface area contributed by atoms with Gasteiger partial charge in [0, 0.05) is 8.95 Å². The molecule has 1 amide bonds. The van der Waals surface area contributed by atoms with Gasteiger partial charge in [-0.15, -0.1) is 0 Å². The van der Waals surface area contributed by atoms with Gasteiger partial charge >= 0.3 is 6.09 Å². The minimum atomic E-state index is -1.84. The number of alkyl halides is 3. The predicted molar refractivity (Wildman–Crippen MR) is 110 cm³/mol. The van der Waals surface area contributed by atoms with Crippen molar-refractivity contribution in [2.75, 3.05) is 11.9 Å². The summed E-state index contributed by atoms with van der Waals surface area (Å²) in [6.45, 7) is 3.79. The van der Waals surface area contributed by atoms with Gasteiger partial charge in [-0.3, -0.25) is 5.32 Å². The van der Waals surface area contributed by atoms with Crippen LogP contribution in [0.1, 0.15) is 12.5 Å². The van der Waals surface area contributed by atoms with Crippen LogP contribution in [0.3, 0.4) is 0 Å². The molecule has 0 saturated carbocycles. The molecule has 0 fully saturated rings. The van der Waals surface area contributed by atoms with Gasteiger partial charge in [0.05, 0.1) is 12.3 Å². The summed E-state index contributed by atoms with van der Waals surface area (Å²) in [6.07, 6.45) is -1.82. The van der Waals surface area contributed by atoms with Crippen molar-refractivity contribution >= 4 is 95.8 Å². The maximum absolute atomic E-state index is 11.6. The van der Waals surface area contributed by atoms with E-state index in [4.69, 9.17) is 51.8 Å². The lowest BCUT2D eigenvalue weighted by Crippen LogP contribution is -2.56. The van der Waals surface area contributed by atoms with E-state index >= 15 is 0 Å². The molecule has 0 aliphatic carbocycles. The van der Waals surface area contributed by atoms with Gasteiger partial charge in [-0.25, -0.2) is 4.79 Å². The molecule has 0 spiro atoms. The highest BCUT2D eigenvalue weighted by atomic mass is 79.9. The van der Waals surface area contributed by atoms with E-state index in [-0.39, 0.29) is 11.7 Å². The Hall–Kier alpha value is 0.0100. The quantitative estimate of drug-likeness (QED) is 0.276. The largest absolute Gasteiger partial charge is 0.450 e. The van der Waals surface area contributed by atoms with E-state index in [1.165, 1.54) is 0 Å². The van der Waals surface area contributed by atoms with E-state index in [0.29, 0.717) is 5.69 Å². The Balaban J connectivity index is 2.82. The average Bonchev–Trinajstić information content (AvgIpc) is 2.43. The van der Waals surface area contributed by atoms with Crippen molar-refractivity contribution in [1.82, 2.24) is 10.6 Å². The van der Waals surface area contributed by atoms with Crippen molar-refractivity contribution in [3.8, 4) is 0 Å².